The van der Waals surface area contributed by atoms with E-state index in [1.165, 1.54) is 10.8 Å². The number of nitriles is 1. The molecule has 1 aromatic heterocycles. The van der Waals surface area contributed by atoms with Gasteiger partial charge in [0.25, 0.3) is 11.5 Å². The number of carbonyl (C=O) groups is 2. The van der Waals surface area contributed by atoms with Crippen molar-refractivity contribution in [3.63, 3.8) is 0 Å². The summed E-state index contributed by atoms with van der Waals surface area (Å²) in [5.41, 5.74) is 0.201. The summed E-state index contributed by atoms with van der Waals surface area (Å²) < 4.78 is 1.92. The normalized spacial score (nSPS) is 13.7. The first-order valence-electron chi connectivity index (χ1n) is 10.5. The molecule has 0 aliphatic rings. The topological polar surface area (TPSA) is 136 Å². The highest BCUT2D eigenvalue weighted by atomic mass is 32.1. The monoisotopic (exact) mass is 471 g/mol. The van der Waals surface area contributed by atoms with Gasteiger partial charge in [-0.1, -0.05) is 26.8 Å². The lowest BCUT2D eigenvalue weighted by molar-refractivity contribution is -0.123. The molecule has 1 heterocycles. The van der Waals surface area contributed by atoms with E-state index in [4.69, 9.17) is 5.11 Å². The number of nitrogens with one attached hydrogen (secondary N) is 3. The van der Waals surface area contributed by atoms with E-state index < -0.39 is 17.4 Å². The number of aromatic nitrogens is 1. The van der Waals surface area contributed by atoms with E-state index in [9.17, 15) is 19.6 Å². The molecule has 2 amide bonds. The van der Waals surface area contributed by atoms with Crippen molar-refractivity contribution in [3.05, 3.63) is 43.8 Å². The second-order valence-electron chi connectivity index (χ2n) is 8.44. The van der Waals surface area contributed by atoms with Gasteiger partial charge in [0.05, 0.1) is 6.61 Å². The SMILES string of the molecule is CCn1c(=C(C#N)C(=O)N[C@@H](C)CO)sc(=CNc2cccc(NC(=O)C(C)(C)C)c2)c1=O. The maximum absolute atomic E-state index is 12.8. The Kier molecular flexibility index (Phi) is 8.56. The number of amides is 2. The van der Waals surface area contributed by atoms with Crippen molar-refractivity contribution < 1.29 is 14.7 Å². The fourth-order valence-electron chi connectivity index (χ4n) is 2.68. The van der Waals surface area contributed by atoms with Crippen LogP contribution in [0.4, 0.5) is 11.4 Å². The lowest BCUT2D eigenvalue weighted by atomic mass is 9.95. The molecule has 0 saturated carbocycles. The van der Waals surface area contributed by atoms with Gasteiger partial charge in [-0.2, -0.15) is 5.26 Å². The summed E-state index contributed by atoms with van der Waals surface area (Å²) in [7, 11) is 0. The molecule has 33 heavy (non-hydrogen) atoms. The zero-order valence-corrected chi connectivity index (χ0v) is 20.2. The molecule has 10 heteroatoms. The molecule has 9 nitrogen and oxygen atoms in total. The Morgan fingerprint density at radius 3 is 2.55 bits per heavy atom. The van der Waals surface area contributed by atoms with Crippen molar-refractivity contribution in [1.29, 1.82) is 5.26 Å². The predicted molar refractivity (Wildman–Crippen MR) is 130 cm³/mol. The summed E-state index contributed by atoms with van der Waals surface area (Å²) in [5.74, 6) is -0.768. The van der Waals surface area contributed by atoms with Gasteiger partial charge in [0.1, 0.15) is 15.3 Å². The summed E-state index contributed by atoms with van der Waals surface area (Å²) in [6.45, 7) is 8.83. The molecule has 0 radical (unpaired) electrons. The zero-order chi connectivity index (χ0) is 24.8. The number of hydrogen-bond acceptors (Lipinski definition) is 7. The maximum Gasteiger partial charge on any atom is 0.270 e. The molecule has 0 aliphatic heterocycles. The molecular formula is C23H29N5O4S. The standard InChI is InChI=1S/C23H29N5O4S/c1-6-28-20(31)18(33-21(28)17(11-24)19(30)26-14(2)13-29)12-25-15-8-7-9-16(10-15)27-22(32)23(3,4)5/h7-10,12,14,25,29H,6,13H2,1-5H3,(H,26,30)(H,27,32)/t14-/m0/s1. The van der Waals surface area contributed by atoms with Crippen LogP contribution in [0.25, 0.3) is 11.8 Å². The molecular weight excluding hydrogens is 442 g/mol. The number of thiazole rings is 1. The third-order valence-electron chi connectivity index (χ3n) is 4.60. The number of rotatable bonds is 7. The fourth-order valence-corrected chi connectivity index (χ4v) is 3.77. The molecule has 0 bridgehead atoms. The average Bonchev–Trinajstić information content (AvgIpc) is 3.07. The average molecular weight is 472 g/mol. The summed E-state index contributed by atoms with van der Waals surface area (Å²) >= 11 is 1.02. The number of hydrogen-bond donors (Lipinski definition) is 4. The van der Waals surface area contributed by atoms with Crippen LogP contribution in [0.3, 0.4) is 0 Å². The minimum atomic E-state index is -0.649. The number of aliphatic hydroxyl groups excluding tert-OH is 1. The molecule has 1 atom stereocenters. The van der Waals surface area contributed by atoms with Crippen LogP contribution >= 0.6 is 11.3 Å². The van der Waals surface area contributed by atoms with Gasteiger partial charge in [0.2, 0.25) is 5.91 Å². The third-order valence-corrected chi connectivity index (χ3v) is 5.73. The van der Waals surface area contributed by atoms with E-state index in [-0.39, 0.29) is 34.9 Å². The quantitative estimate of drug-likeness (QED) is 0.474. The van der Waals surface area contributed by atoms with Gasteiger partial charge in [-0.05, 0) is 32.0 Å². The molecule has 0 fully saturated rings. The van der Waals surface area contributed by atoms with E-state index in [1.54, 1.807) is 38.1 Å². The number of carbonyl (C=O) groups excluding carboxylic acids is 2. The van der Waals surface area contributed by atoms with Gasteiger partial charge in [0, 0.05) is 35.6 Å². The van der Waals surface area contributed by atoms with Crippen LogP contribution in [0.15, 0.2) is 29.1 Å². The molecule has 0 saturated heterocycles. The largest absolute Gasteiger partial charge is 0.394 e. The minimum absolute atomic E-state index is 0.120. The number of aliphatic hydroxyl groups is 1. The first-order valence-corrected chi connectivity index (χ1v) is 11.3. The van der Waals surface area contributed by atoms with Crippen molar-refractivity contribution in [2.75, 3.05) is 17.2 Å². The van der Waals surface area contributed by atoms with Crippen molar-refractivity contribution in [2.45, 2.75) is 47.2 Å². The summed E-state index contributed by atoms with van der Waals surface area (Å²) in [6.07, 6.45) is 1.51. The lowest BCUT2D eigenvalue weighted by Crippen LogP contribution is -2.38. The maximum atomic E-state index is 12.8. The first-order chi connectivity index (χ1) is 15.5. The summed E-state index contributed by atoms with van der Waals surface area (Å²) in [5, 5.41) is 27.1. The van der Waals surface area contributed by atoms with Gasteiger partial charge in [-0.25, -0.2) is 0 Å². The van der Waals surface area contributed by atoms with Crippen LogP contribution in [0.2, 0.25) is 0 Å². The Bertz CT molecular complexity index is 1250. The molecule has 2 rings (SSSR count). The van der Waals surface area contributed by atoms with E-state index >= 15 is 0 Å². The van der Waals surface area contributed by atoms with Crippen LogP contribution in [0.1, 0.15) is 34.6 Å². The van der Waals surface area contributed by atoms with E-state index in [0.29, 0.717) is 15.9 Å². The van der Waals surface area contributed by atoms with E-state index in [1.807, 2.05) is 26.8 Å². The van der Waals surface area contributed by atoms with Crippen molar-refractivity contribution in [3.8, 4) is 6.07 Å². The first kappa shape index (κ1) is 25.8. The second kappa shape index (κ2) is 10.9. The molecule has 0 unspecified atom stereocenters. The van der Waals surface area contributed by atoms with Gasteiger partial charge in [-0.3, -0.25) is 19.0 Å². The molecule has 2 aromatic rings. The number of nitrogens with zero attached hydrogens (tertiary/aromatic N) is 2. The second-order valence-corrected chi connectivity index (χ2v) is 9.47. The van der Waals surface area contributed by atoms with Crippen LogP contribution in [-0.4, -0.2) is 34.1 Å². The van der Waals surface area contributed by atoms with E-state index in [0.717, 1.165) is 11.3 Å². The van der Waals surface area contributed by atoms with Crippen molar-refractivity contribution in [1.82, 2.24) is 9.88 Å². The fraction of sp³-hybridized carbons (Fsp3) is 0.391. The number of benzene rings is 1. The Labute approximate surface area is 196 Å². The third kappa shape index (κ3) is 6.54. The van der Waals surface area contributed by atoms with E-state index in [2.05, 4.69) is 16.0 Å². The molecule has 1 aromatic carbocycles. The Balaban J connectivity index is 2.43. The van der Waals surface area contributed by atoms with Crippen molar-refractivity contribution in [2.24, 2.45) is 5.41 Å². The highest BCUT2D eigenvalue weighted by Gasteiger charge is 2.21. The number of anilines is 2. The smallest absolute Gasteiger partial charge is 0.270 e. The van der Waals surface area contributed by atoms with Crippen LogP contribution in [0, 0.1) is 16.7 Å². The van der Waals surface area contributed by atoms with Crippen LogP contribution < -0.4 is 30.7 Å². The van der Waals surface area contributed by atoms with Crippen LogP contribution in [0.5, 0.6) is 0 Å². The minimum Gasteiger partial charge on any atom is -0.394 e. The van der Waals surface area contributed by atoms with Crippen molar-refractivity contribution >= 4 is 46.3 Å². The van der Waals surface area contributed by atoms with Gasteiger partial charge in [-0.15, -0.1) is 11.3 Å². The summed E-state index contributed by atoms with van der Waals surface area (Å²) in [6, 6.07) is 8.41. The Hall–Kier alpha value is -3.42. The van der Waals surface area contributed by atoms with Gasteiger partial charge in [0.15, 0.2) is 5.57 Å². The molecule has 0 aliphatic carbocycles. The Morgan fingerprint density at radius 1 is 1.30 bits per heavy atom. The van der Waals surface area contributed by atoms with Gasteiger partial charge < -0.3 is 21.1 Å². The summed E-state index contributed by atoms with van der Waals surface area (Å²) in [4.78, 5) is 37.5. The lowest BCUT2D eigenvalue weighted by Gasteiger charge is -2.18. The van der Waals surface area contributed by atoms with Crippen LogP contribution in [-0.2, 0) is 16.1 Å². The molecule has 0 spiro atoms. The zero-order valence-electron chi connectivity index (χ0n) is 19.4. The highest BCUT2D eigenvalue weighted by molar-refractivity contribution is 7.07. The molecule has 176 valence electrons. The highest BCUT2D eigenvalue weighted by Crippen LogP contribution is 2.20. The Morgan fingerprint density at radius 2 is 1.97 bits per heavy atom. The predicted octanol–water partition coefficient (Wildman–Crippen LogP) is 0.936. The molecule has 4 N–H and O–H groups in total. The van der Waals surface area contributed by atoms with Gasteiger partial charge >= 0.3 is 0 Å².